The standard InChI is InChI=1S/C36H70N2O6/c1-2-3-4-5-6-7-8-9-10-11-12-13-14-15-16-17-18-19-20-21-24-35(40)37-26-29-42-31-33-44-34-32-43-30-27-38-36(41)25-22-23-28-39/h28H,2-27,29-34H2,1H3,(H,37,40)(H,38,41). The lowest BCUT2D eigenvalue weighted by molar-refractivity contribution is -0.122. The van der Waals surface area contributed by atoms with Crippen LogP contribution in [-0.2, 0) is 28.6 Å². The van der Waals surface area contributed by atoms with Gasteiger partial charge >= 0.3 is 0 Å². The molecule has 0 saturated heterocycles. The van der Waals surface area contributed by atoms with Gasteiger partial charge in [0.2, 0.25) is 11.8 Å². The molecule has 0 bridgehead atoms. The summed E-state index contributed by atoms with van der Waals surface area (Å²) in [5, 5.41) is 5.67. The molecule has 0 fully saturated rings. The number of unbranched alkanes of at least 4 members (excludes halogenated alkanes) is 20. The predicted octanol–water partition coefficient (Wildman–Crippen LogP) is 7.85. The molecule has 0 unspecified atom stereocenters. The SMILES string of the molecule is CCCCCCCCCCCCCCCCCCCCCCC(=O)NCCOCCOCCOCCNC(=O)CCCC=O. The van der Waals surface area contributed by atoms with Gasteiger partial charge in [-0.1, -0.05) is 129 Å². The Morgan fingerprint density at radius 2 is 0.773 bits per heavy atom. The Kier molecular flexibility index (Phi) is 36.4. The van der Waals surface area contributed by atoms with E-state index >= 15 is 0 Å². The van der Waals surface area contributed by atoms with Crippen LogP contribution in [0.1, 0.15) is 161 Å². The molecule has 8 heteroatoms. The molecule has 0 aromatic carbocycles. The minimum Gasteiger partial charge on any atom is -0.377 e. The Morgan fingerprint density at radius 3 is 1.14 bits per heavy atom. The molecule has 44 heavy (non-hydrogen) atoms. The van der Waals surface area contributed by atoms with Gasteiger partial charge in [-0.2, -0.15) is 0 Å². The van der Waals surface area contributed by atoms with Crippen molar-refractivity contribution in [2.24, 2.45) is 0 Å². The average molecular weight is 627 g/mol. The first-order valence-corrected chi connectivity index (χ1v) is 18.4. The van der Waals surface area contributed by atoms with Crippen LogP contribution < -0.4 is 10.6 Å². The van der Waals surface area contributed by atoms with Crippen LogP contribution in [0.25, 0.3) is 0 Å². The van der Waals surface area contributed by atoms with Gasteiger partial charge in [0.25, 0.3) is 0 Å². The summed E-state index contributed by atoms with van der Waals surface area (Å²) in [6.45, 7) is 6.06. The van der Waals surface area contributed by atoms with E-state index < -0.39 is 0 Å². The van der Waals surface area contributed by atoms with Gasteiger partial charge in [-0.15, -0.1) is 0 Å². The zero-order chi connectivity index (χ0) is 32.0. The molecular weight excluding hydrogens is 556 g/mol. The summed E-state index contributed by atoms with van der Waals surface area (Å²) in [4.78, 5) is 33.7. The van der Waals surface area contributed by atoms with Crippen molar-refractivity contribution >= 4 is 18.1 Å². The van der Waals surface area contributed by atoms with Crippen molar-refractivity contribution in [3.63, 3.8) is 0 Å². The molecule has 8 nitrogen and oxygen atoms in total. The number of carbonyl (C=O) groups excluding carboxylic acids is 3. The van der Waals surface area contributed by atoms with E-state index in [1.54, 1.807) is 0 Å². The number of amides is 2. The highest BCUT2D eigenvalue weighted by Gasteiger charge is 2.02. The predicted molar refractivity (Wildman–Crippen MR) is 181 cm³/mol. The lowest BCUT2D eigenvalue weighted by atomic mass is 10.0. The Bertz CT molecular complexity index is 619. The maximum atomic E-state index is 12.0. The second kappa shape index (κ2) is 37.7. The van der Waals surface area contributed by atoms with E-state index in [0.29, 0.717) is 78.4 Å². The normalized spacial score (nSPS) is 11.1. The molecule has 0 spiro atoms. The minimum absolute atomic E-state index is 0.0593. The number of ether oxygens (including phenoxy) is 3. The molecule has 0 rings (SSSR count). The Labute approximate surface area is 270 Å². The van der Waals surface area contributed by atoms with Crippen molar-refractivity contribution < 1.29 is 28.6 Å². The van der Waals surface area contributed by atoms with Crippen LogP contribution in [0.5, 0.6) is 0 Å². The van der Waals surface area contributed by atoms with E-state index in [1.807, 2.05) is 0 Å². The molecule has 0 aromatic heterocycles. The first kappa shape index (κ1) is 42.5. The Balaban J connectivity index is 3.18. The summed E-state index contributed by atoms with van der Waals surface area (Å²) in [6, 6.07) is 0. The van der Waals surface area contributed by atoms with Crippen molar-refractivity contribution in [3.8, 4) is 0 Å². The molecule has 0 atom stereocenters. The van der Waals surface area contributed by atoms with Crippen LogP contribution >= 0.6 is 0 Å². The summed E-state index contributed by atoms with van der Waals surface area (Å²) in [6.07, 6.45) is 30.0. The third kappa shape index (κ3) is 36.7. The van der Waals surface area contributed by atoms with Crippen LogP contribution in [0.15, 0.2) is 0 Å². The van der Waals surface area contributed by atoms with Gasteiger partial charge in [-0.3, -0.25) is 9.59 Å². The van der Waals surface area contributed by atoms with Gasteiger partial charge in [0.15, 0.2) is 0 Å². The molecule has 0 heterocycles. The maximum Gasteiger partial charge on any atom is 0.220 e. The fourth-order valence-electron chi connectivity index (χ4n) is 5.13. The van der Waals surface area contributed by atoms with Gasteiger partial charge in [-0.05, 0) is 12.8 Å². The third-order valence-corrected chi connectivity index (χ3v) is 7.86. The van der Waals surface area contributed by atoms with Gasteiger partial charge in [0.05, 0.1) is 39.6 Å². The van der Waals surface area contributed by atoms with Crippen molar-refractivity contribution in [1.29, 1.82) is 0 Å². The van der Waals surface area contributed by atoms with E-state index in [-0.39, 0.29) is 11.8 Å². The molecule has 0 saturated carbocycles. The first-order valence-electron chi connectivity index (χ1n) is 18.4. The van der Waals surface area contributed by atoms with Crippen molar-refractivity contribution in [2.45, 2.75) is 161 Å². The third-order valence-electron chi connectivity index (χ3n) is 7.86. The Morgan fingerprint density at radius 1 is 0.455 bits per heavy atom. The van der Waals surface area contributed by atoms with Crippen LogP contribution in [0.3, 0.4) is 0 Å². The number of rotatable bonds is 37. The maximum absolute atomic E-state index is 12.0. The van der Waals surface area contributed by atoms with Crippen LogP contribution in [-0.4, -0.2) is 70.8 Å². The highest BCUT2D eigenvalue weighted by atomic mass is 16.5. The van der Waals surface area contributed by atoms with Crippen LogP contribution in [0.2, 0.25) is 0 Å². The summed E-state index contributed by atoms with van der Waals surface area (Å²) in [7, 11) is 0. The number of nitrogens with one attached hydrogen (secondary N) is 2. The first-order chi connectivity index (χ1) is 21.7. The summed E-state index contributed by atoms with van der Waals surface area (Å²) >= 11 is 0. The average Bonchev–Trinajstić information content (AvgIpc) is 3.02. The van der Waals surface area contributed by atoms with Crippen molar-refractivity contribution in [1.82, 2.24) is 10.6 Å². The molecule has 0 aliphatic rings. The summed E-state index contributed by atoms with van der Waals surface area (Å²) < 4.78 is 16.3. The zero-order valence-electron chi connectivity index (χ0n) is 28.7. The van der Waals surface area contributed by atoms with E-state index in [4.69, 9.17) is 14.2 Å². The Hall–Kier alpha value is -1.51. The molecule has 2 amide bonds. The topological polar surface area (TPSA) is 103 Å². The van der Waals surface area contributed by atoms with E-state index in [1.165, 1.54) is 116 Å². The molecular formula is C36H70N2O6. The van der Waals surface area contributed by atoms with E-state index in [0.717, 1.165) is 19.1 Å². The number of carbonyl (C=O) groups is 3. The van der Waals surface area contributed by atoms with E-state index in [2.05, 4.69) is 17.6 Å². The van der Waals surface area contributed by atoms with Gasteiger partial charge < -0.3 is 29.6 Å². The fourth-order valence-corrected chi connectivity index (χ4v) is 5.13. The number of aldehydes is 1. The second-order valence-electron chi connectivity index (χ2n) is 12.1. The van der Waals surface area contributed by atoms with Crippen molar-refractivity contribution in [2.75, 3.05) is 52.7 Å². The summed E-state index contributed by atoms with van der Waals surface area (Å²) in [5.41, 5.74) is 0. The van der Waals surface area contributed by atoms with Crippen LogP contribution in [0.4, 0.5) is 0 Å². The highest BCUT2D eigenvalue weighted by molar-refractivity contribution is 5.76. The van der Waals surface area contributed by atoms with Gasteiger partial charge in [0, 0.05) is 32.4 Å². The highest BCUT2D eigenvalue weighted by Crippen LogP contribution is 2.15. The lowest BCUT2D eigenvalue weighted by Gasteiger charge is -2.08. The lowest BCUT2D eigenvalue weighted by Crippen LogP contribution is -2.27. The second-order valence-corrected chi connectivity index (χ2v) is 12.1. The molecule has 0 aliphatic carbocycles. The fraction of sp³-hybridized carbons (Fsp3) is 0.917. The largest absolute Gasteiger partial charge is 0.377 e. The molecule has 0 aromatic rings. The smallest absolute Gasteiger partial charge is 0.220 e. The minimum atomic E-state index is -0.0593. The quantitative estimate of drug-likeness (QED) is 0.0538. The summed E-state index contributed by atoms with van der Waals surface area (Å²) in [5.74, 6) is 0.0532. The van der Waals surface area contributed by atoms with Crippen LogP contribution in [0, 0.1) is 0 Å². The van der Waals surface area contributed by atoms with Gasteiger partial charge in [0.1, 0.15) is 6.29 Å². The zero-order valence-corrected chi connectivity index (χ0v) is 28.7. The van der Waals surface area contributed by atoms with E-state index in [9.17, 15) is 14.4 Å². The number of hydrogen-bond acceptors (Lipinski definition) is 6. The molecule has 2 N–H and O–H groups in total. The molecule has 0 radical (unpaired) electrons. The molecule has 0 aliphatic heterocycles. The monoisotopic (exact) mass is 627 g/mol. The molecule has 260 valence electrons. The van der Waals surface area contributed by atoms with Gasteiger partial charge in [-0.25, -0.2) is 0 Å². The van der Waals surface area contributed by atoms with Crippen molar-refractivity contribution in [3.05, 3.63) is 0 Å². The number of hydrogen-bond donors (Lipinski definition) is 2.